The summed E-state index contributed by atoms with van der Waals surface area (Å²) in [6.07, 6.45) is -7.60. The molecule has 4 atom stereocenters. The van der Waals surface area contributed by atoms with Crippen molar-refractivity contribution in [3.05, 3.63) is 0 Å². The Morgan fingerprint density at radius 2 is 1.62 bits per heavy atom. The lowest BCUT2D eigenvalue weighted by Crippen LogP contribution is -2.48. The van der Waals surface area contributed by atoms with Crippen molar-refractivity contribution in [1.29, 1.82) is 0 Å². The van der Waals surface area contributed by atoms with Crippen molar-refractivity contribution < 1.29 is 30.3 Å². The van der Waals surface area contributed by atoms with Gasteiger partial charge in [-0.2, -0.15) is 0 Å². The van der Waals surface area contributed by atoms with Gasteiger partial charge in [-0.05, 0) is 0 Å². The summed E-state index contributed by atoms with van der Waals surface area (Å²) in [4.78, 5) is 10.2. The molecule has 0 aromatic carbocycles. The first-order valence-electron chi connectivity index (χ1n) is 3.50. The number of carbonyl (C=O) groups excluding carboxylic acids is 1. The molecular formula is C6H12NO6. The van der Waals surface area contributed by atoms with E-state index in [1.165, 1.54) is 0 Å². The fourth-order valence-corrected chi connectivity index (χ4v) is 0.677. The monoisotopic (exact) mass is 194 g/mol. The van der Waals surface area contributed by atoms with E-state index in [4.69, 9.17) is 31.3 Å². The molecule has 0 aromatic rings. The molecule has 7 heteroatoms. The lowest BCUT2D eigenvalue weighted by atomic mass is 10.0. The Morgan fingerprint density at radius 1 is 1.15 bits per heavy atom. The second kappa shape index (κ2) is 5.10. The van der Waals surface area contributed by atoms with Crippen LogP contribution in [0.2, 0.25) is 0 Å². The first kappa shape index (κ1) is 12.3. The van der Waals surface area contributed by atoms with Crippen molar-refractivity contribution in [1.82, 2.24) is 5.73 Å². The van der Waals surface area contributed by atoms with Crippen LogP contribution < -0.4 is 5.73 Å². The van der Waals surface area contributed by atoms with Crippen LogP contribution in [0.25, 0.3) is 0 Å². The lowest BCUT2D eigenvalue weighted by Gasteiger charge is -2.23. The maximum atomic E-state index is 10.2. The molecule has 0 rings (SSSR count). The molecule has 0 aliphatic heterocycles. The largest absolute Gasteiger partial charge is 0.394 e. The molecule has 1 radical (unpaired) electrons. The first-order valence-corrected chi connectivity index (χ1v) is 3.50. The second-order valence-electron chi connectivity index (χ2n) is 2.54. The Bertz CT molecular complexity index is 175. The summed E-state index contributed by atoms with van der Waals surface area (Å²) in [5, 5.41) is 43.8. The zero-order valence-electron chi connectivity index (χ0n) is 6.66. The van der Waals surface area contributed by atoms with Gasteiger partial charge in [0.1, 0.15) is 18.3 Å². The Balaban J connectivity index is 4.24. The fraction of sp³-hybridized carbons (Fsp3) is 0.833. The summed E-state index contributed by atoms with van der Waals surface area (Å²) < 4.78 is 0. The van der Waals surface area contributed by atoms with Gasteiger partial charge in [0.15, 0.2) is 6.10 Å². The minimum atomic E-state index is -2.09. The smallest absolute Gasteiger partial charge is 0.270 e. The summed E-state index contributed by atoms with van der Waals surface area (Å²) in [5.74, 6) is -1.48. The van der Waals surface area contributed by atoms with Gasteiger partial charge in [-0.1, -0.05) is 0 Å². The first-order chi connectivity index (χ1) is 5.91. The molecule has 13 heavy (non-hydrogen) atoms. The molecule has 0 aliphatic rings. The summed E-state index contributed by atoms with van der Waals surface area (Å²) >= 11 is 0. The van der Waals surface area contributed by atoms with Crippen molar-refractivity contribution >= 4 is 5.91 Å². The number of nitrogens with one attached hydrogen (secondary N) is 1. The van der Waals surface area contributed by atoms with E-state index < -0.39 is 36.9 Å². The zero-order valence-corrected chi connectivity index (χ0v) is 6.66. The van der Waals surface area contributed by atoms with Crippen molar-refractivity contribution in [2.75, 3.05) is 6.61 Å². The summed E-state index contributed by atoms with van der Waals surface area (Å²) in [7, 11) is 0. The van der Waals surface area contributed by atoms with Crippen molar-refractivity contribution in [2.24, 2.45) is 0 Å². The van der Waals surface area contributed by atoms with Crippen LogP contribution in [0.5, 0.6) is 0 Å². The number of hydrogen-bond acceptors (Lipinski definition) is 6. The fourth-order valence-electron chi connectivity index (χ4n) is 0.677. The van der Waals surface area contributed by atoms with Gasteiger partial charge in [-0.15, -0.1) is 0 Å². The zero-order chi connectivity index (χ0) is 10.6. The van der Waals surface area contributed by atoms with Crippen LogP contribution in [0, 0.1) is 0 Å². The number of amides is 1. The predicted molar refractivity (Wildman–Crippen MR) is 39.2 cm³/mol. The minimum Gasteiger partial charge on any atom is -0.394 e. The highest BCUT2D eigenvalue weighted by Gasteiger charge is 2.33. The molecular weight excluding hydrogens is 182 g/mol. The van der Waals surface area contributed by atoms with Crippen molar-refractivity contribution in [3.8, 4) is 0 Å². The maximum absolute atomic E-state index is 10.2. The Hall–Kier alpha value is -0.730. The molecule has 0 spiro atoms. The lowest BCUT2D eigenvalue weighted by molar-refractivity contribution is -0.146. The highest BCUT2D eigenvalue weighted by Crippen LogP contribution is 2.04. The number of aliphatic hydroxyl groups is 5. The number of aliphatic hydroxyl groups excluding tert-OH is 5. The van der Waals surface area contributed by atoms with E-state index in [1.54, 1.807) is 0 Å². The normalized spacial score (nSPS) is 20.4. The van der Waals surface area contributed by atoms with Gasteiger partial charge in [-0.25, -0.2) is 0 Å². The minimum absolute atomic E-state index is 0.822. The molecule has 6 N–H and O–H groups in total. The molecule has 0 fully saturated rings. The third-order valence-corrected chi connectivity index (χ3v) is 1.52. The quantitative estimate of drug-likeness (QED) is 0.304. The van der Waals surface area contributed by atoms with Crippen LogP contribution in [0.1, 0.15) is 0 Å². The average molecular weight is 194 g/mol. The maximum Gasteiger partial charge on any atom is 0.270 e. The van der Waals surface area contributed by atoms with Crippen LogP contribution in [0.3, 0.4) is 0 Å². The van der Waals surface area contributed by atoms with E-state index in [-0.39, 0.29) is 0 Å². The van der Waals surface area contributed by atoms with Crippen molar-refractivity contribution in [2.45, 2.75) is 24.4 Å². The van der Waals surface area contributed by atoms with E-state index in [0.29, 0.717) is 0 Å². The predicted octanol–water partition coefficient (Wildman–Crippen LogP) is -3.77. The van der Waals surface area contributed by atoms with Gasteiger partial charge in [0.25, 0.3) is 5.91 Å². The molecule has 0 bridgehead atoms. The summed E-state index contributed by atoms with van der Waals surface area (Å²) in [5.41, 5.74) is 6.40. The van der Waals surface area contributed by atoms with Crippen LogP contribution in [-0.2, 0) is 4.79 Å². The SMILES string of the molecule is [NH]C(=O)[C@H](O)[C@@H](O)[C@H](O)[C@H](O)CO. The molecule has 0 saturated heterocycles. The van der Waals surface area contributed by atoms with E-state index in [2.05, 4.69) is 0 Å². The van der Waals surface area contributed by atoms with Gasteiger partial charge in [0, 0.05) is 0 Å². The molecule has 0 aliphatic carbocycles. The highest BCUT2D eigenvalue weighted by atomic mass is 16.4. The molecule has 0 unspecified atom stereocenters. The second-order valence-corrected chi connectivity index (χ2v) is 2.54. The third kappa shape index (κ3) is 3.25. The van der Waals surface area contributed by atoms with Crippen LogP contribution in [-0.4, -0.2) is 62.5 Å². The van der Waals surface area contributed by atoms with E-state index in [9.17, 15) is 4.79 Å². The molecule has 1 amide bonds. The van der Waals surface area contributed by atoms with Gasteiger partial charge in [-0.3, -0.25) is 10.5 Å². The number of carbonyl (C=O) groups is 1. The molecule has 0 aromatic heterocycles. The third-order valence-electron chi connectivity index (χ3n) is 1.52. The van der Waals surface area contributed by atoms with Crippen LogP contribution in [0.4, 0.5) is 0 Å². The number of hydrogen-bond donors (Lipinski definition) is 5. The Labute approximate surface area is 74.0 Å². The Morgan fingerprint density at radius 3 is 1.92 bits per heavy atom. The standard InChI is InChI=1S/C6H12NO6/c7-6(13)5(12)4(11)3(10)2(9)1-8/h2-5,7-12H,1H2/t2-,3-,4+,5-/m1/s1. The van der Waals surface area contributed by atoms with Crippen LogP contribution in [0.15, 0.2) is 0 Å². The molecule has 77 valence electrons. The van der Waals surface area contributed by atoms with Gasteiger partial charge >= 0.3 is 0 Å². The van der Waals surface area contributed by atoms with Crippen molar-refractivity contribution in [3.63, 3.8) is 0 Å². The molecule has 0 saturated carbocycles. The van der Waals surface area contributed by atoms with Gasteiger partial charge < -0.3 is 25.5 Å². The topological polar surface area (TPSA) is 142 Å². The van der Waals surface area contributed by atoms with Gasteiger partial charge in [0.2, 0.25) is 0 Å². The summed E-state index contributed by atoms with van der Waals surface area (Å²) in [6, 6.07) is 0. The van der Waals surface area contributed by atoms with E-state index >= 15 is 0 Å². The number of rotatable bonds is 5. The summed E-state index contributed by atoms with van der Waals surface area (Å²) in [6.45, 7) is -0.822. The van der Waals surface area contributed by atoms with E-state index in [1.807, 2.05) is 0 Å². The highest BCUT2D eigenvalue weighted by molar-refractivity contribution is 5.78. The van der Waals surface area contributed by atoms with E-state index in [0.717, 1.165) is 0 Å². The Kier molecular flexibility index (Phi) is 4.81. The molecule has 0 heterocycles. The average Bonchev–Trinajstić information content (AvgIpc) is 2.12. The molecule has 7 nitrogen and oxygen atoms in total. The van der Waals surface area contributed by atoms with Crippen LogP contribution >= 0.6 is 0 Å². The van der Waals surface area contributed by atoms with Gasteiger partial charge in [0.05, 0.1) is 6.61 Å².